The Balaban J connectivity index is 1.72. The smallest absolute Gasteiger partial charge is 0.264 e. The van der Waals surface area contributed by atoms with Gasteiger partial charge in [-0.2, -0.15) is 0 Å². The summed E-state index contributed by atoms with van der Waals surface area (Å²) >= 11 is 18.8. The number of carbonyl (C=O) groups is 2. The molecule has 1 aliphatic carbocycles. The van der Waals surface area contributed by atoms with Gasteiger partial charge in [-0.1, -0.05) is 91.3 Å². The topological polar surface area (TPSA) is 86.8 Å². The Morgan fingerprint density at radius 3 is 2.24 bits per heavy atom. The Hall–Kier alpha value is -2.78. The number of sulfonamides is 1. The Morgan fingerprint density at radius 2 is 1.60 bits per heavy atom. The molecule has 7 nitrogen and oxygen atoms in total. The SMILES string of the molecule is CC[C@H](C(=O)NC1CCCCC1)N(Cc1ccc(Cl)cc1Cl)C(=O)CN(c1cccc(Cl)c1)S(=O)(=O)c1ccccc1. The molecule has 1 saturated carbocycles. The zero-order chi connectivity index (χ0) is 30.3. The summed E-state index contributed by atoms with van der Waals surface area (Å²) in [5.41, 5.74) is 0.808. The molecular weight excluding hydrogens is 617 g/mol. The monoisotopic (exact) mass is 649 g/mol. The van der Waals surface area contributed by atoms with Gasteiger partial charge in [0.15, 0.2) is 0 Å². The Morgan fingerprint density at radius 1 is 0.905 bits per heavy atom. The van der Waals surface area contributed by atoms with Crippen LogP contribution in [0.3, 0.4) is 0 Å². The summed E-state index contributed by atoms with van der Waals surface area (Å²) in [4.78, 5) is 29.3. The first-order valence-electron chi connectivity index (χ1n) is 14.0. The van der Waals surface area contributed by atoms with Gasteiger partial charge >= 0.3 is 0 Å². The predicted octanol–water partition coefficient (Wildman–Crippen LogP) is 7.10. The molecule has 0 aromatic heterocycles. The van der Waals surface area contributed by atoms with Crippen LogP contribution in [0.1, 0.15) is 51.0 Å². The maximum absolute atomic E-state index is 14.2. The molecule has 1 aliphatic rings. The van der Waals surface area contributed by atoms with E-state index in [1.165, 1.54) is 23.1 Å². The lowest BCUT2D eigenvalue weighted by Gasteiger charge is -2.34. The largest absolute Gasteiger partial charge is 0.352 e. The van der Waals surface area contributed by atoms with Crippen LogP contribution >= 0.6 is 34.8 Å². The van der Waals surface area contributed by atoms with Crippen LogP contribution in [0, 0.1) is 0 Å². The van der Waals surface area contributed by atoms with E-state index in [-0.39, 0.29) is 29.1 Å². The summed E-state index contributed by atoms with van der Waals surface area (Å²) in [5.74, 6) is -0.839. The third kappa shape index (κ3) is 7.98. The lowest BCUT2D eigenvalue weighted by atomic mass is 9.95. The summed E-state index contributed by atoms with van der Waals surface area (Å²) in [6.45, 7) is 1.25. The number of hydrogen-bond acceptors (Lipinski definition) is 4. The van der Waals surface area contributed by atoms with Gasteiger partial charge in [0.1, 0.15) is 12.6 Å². The van der Waals surface area contributed by atoms with E-state index in [0.29, 0.717) is 27.1 Å². The second-order valence-corrected chi connectivity index (χ2v) is 13.5. The molecule has 2 amide bonds. The summed E-state index contributed by atoms with van der Waals surface area (Å²) in [7, 11) is -4.18. The van der Waals surface area contributed by atoms with Gasteiger partial charge in [-0.05, 0) is 67.3 Å². The number of nitrogens with zero attached hydrogens (tertiary/aromatic N) is 2. The first-order valence-corrected chi connectivity index (χ1v) is 16.5. The van der Waals surface area contributed by atoms with Gasteiger partial charge in [-0.3, -0.25) is 13.9 Å². The molecule has 3 aromatic carbocycles. The number of anilines is 1. The number of hydrogen-bond donors (Lipinski definition) is 1. The highest BCUT2D eigenvalue weighted by Gasteiger charge is 2.34. The van der Waals surface area contributed by atoms with Gasteiger partial charge in [0.05, 0.1) is 10.6 Å². The lowest BCUT2D eigenvalue weighted by molar-refractivity contribution is -0.140. The first-order chi connectivity index (χ1) is 20.1. The van der Waals surface area contributed by atoms with Crippen molar-refractivity contribution in [1.29, 1.82) is 0 Å². The van der Waals surface area contributed by atoms with E-state index < -0.39 is 28.5 Å². The molecule has 0 saturated heterocycles. The minimum absolute atomic E-state index is 0.0137. The number of rotatable bonds is 11. The summed E-state index contributed by atoms with van der Waals surface area (Å²) in [6, 6.07) is 18.3. The second-order valence-electron chi connectivity index (χ2n) is 10.3. The standard InChI is InChI=1S/C31H34Cl3N3O4S/c1-2-29(31(39)35-25-11-5-3-6-12-25)36(20-22-16-17-24(33)19-28(22)34)30(38)21-37(26-13-9-10-23(32)18-26)42(40,41)27-14-7-4-8-15-27/h4,7-10,13-19,25,29H,2-3,5-6,11-12,20-21H2,1H3,(H,35,39)/t29-/m1/s1. The van der Waals surface area contributed by atoms with Crippen molar-refractivity contribution >= 4 is 62.3 Å². The highest BCUT2D eigenvalue weighted by molar-refractivity contribution is 7.92. The Labute approximate surface area is 262 Å². The molecule has 0 heterocycles. The maximum Gasteiger partial charge on any atom is 0.264 e. The van der Waals surface area contributed by atoms with Crippen molar-refractivity contribution in [3.8, 4) is 0 Å². The zero-order valence-corrected chi connectivity index (χ0v) is 26.4. The van der Waals surface area contributed by atoms with E-state index in [1.807, 2.05) is 6.92 Å². The molecule has 0 bridgehead atoms. The Kier molecular flexibility index (Phi) is 11.2. The molecule has 0 radical (unpaired) electrons. The predicted molar refractivity (Wildman–Crippen MR) is 169 cm³/mol. The molecule has 3 aromatic rings. The molecule has 4 rings (SSSR count). The van der Waals surface area contributed by atoms with E-state index in [4.69, 9.17) is 34.8 Å². The van der Waals surface area contributed by atoms with Gasteiger partial charge in [-0.25, -0.2) is 8.42 Å². The second kappa shape index (κ2) is 14.6. The van der Waals surface area contributed by atoms with Crippen LogP contribution in [0.25, 0.3) is 0 Å². The van der Waals surface area contributed by atoms with Crippen molar-refractivity contribution in [2.75, 3.05) is 10.8 Å². The summed E-state index contributed by atoms with van der Waals surface area (Å²) < 4.78 is 28.8. The number of carbonyl (C=O) groups excluding carboxylic acids is 2. The Bertz CT molecular complexity index is 1500. The van der Waals surface area contributed by atoms with E-state index in [1.54, 1.807) is 54.6 Å². The summed E-state index contributed by atoms with van der Waals surface area (Å²) in [6.07, 6.45) is 5.30. The average Bonchev–Trinajstić information content (AvgIpc) is 2.97. The third-order valence-electron chi connectivity index (χ3n) is 7.40. The molecule has 0 unspecified atom stereocenters. The van der Waals surface area contributed by atoms with Crippen LogP contribution in [-0.2, 0) is 26.2 Å². The van der Waals surface area contributed by atoms with E-state index in [0.717, 1.165) is 36.4 Å². The fourth-order valence-electron chi connectivity index (χ4n) is 5.18. The normalized spacial score (nSPS) is 14.7. The van der Waals surface area contributed by atoms with E-state index in [2.05, 4.69) is 5.32 Å². The quantitative estimate of drug-likeness (QED) is 0.240. The minimum atomic E-state index is -4.18. The van der Waals surface area contributed by atoms with Crippen molar-refractivity contribution in [2.24, 2.45) is 0 Å². The van der Waals surface area contributed by atoms with Crippen molar-refractivity contribution in [3.05, 3.63) is 93.4 Å². The molecule has 1 N–H and O–H groups in total. The molecule has 1 fully saturated rings. The zero-order valence-electron chi connectivity index (χ0n) is 23.3. The number of nitrogens with one attached hydrogen (secondary N) is 1. The van der Waals surface area contributed by atoms with Crippen molar-refractivity contribution in [3.63, 3.8) is 0 Å². The fraction of sp³-hybridized carbons (Fsp3) is 0.355. The van der Waals surface area contributed by atoms with Gasteiger partial charge in [-0.15, -0.1) is 0 Å². The van der Waals surface area contributed by atoms with Gasteiger partial charge in [0.25, 0.3) is 10.0 Å². The molecular formula is C31H34Cl3N3O4S. The van der Waals surface area contributed by atoms with Gasteiger partial charge < -0.3 is 10.2 Å². The van der Waals surface area contributed by atoms with Gasteiger partial charge in [0.2, 0.25) is 11.8 Å². The van der Waals surface area contributed by atoms with Crippen molar-refractivity contribution in [2.45, 2.75) is 69.0 Å². The molecule has 42 heavy (non-hydrogen) atoms. The lowest BCUT2D eigenvalue weighted by Crippen LogP contribution is -2.54. The molecule has 224 valence electrons. The molecule has 0 aliphatic heterocycles. The van der Waals surface area contributed by atoms with E-state index in [9.17, 15) is 18.0 Å². The fourth-order valence-corrected chi connectivity index (χ4v) is 7.26. The molecule has 11 heteroatoms. The average molecular weight is 651 g/mol. The van der Waals surface area contributed by atoms with Crippen LogP contribution in [0.2, 0.25) is 15.1 Å². The van der Waals surface area contributed by atoms with Crippen LogP contribution in [0.4, 0.5) is 5.69 Å². The van der Waals surface area contributed by atoms with Crippen molar-refractivity contribution in [1.82, 2.24) is 10.2 Å². The highest BCUT2D eigenvalue weighted by atomic mass is 35.5. The first kappa shape index (κ1) is 32.1. The third-order valence-corrected chi connectivity index (χ3v) is 10.0. The van der Waals surface area contributed by atoms with Gasteiger partial charge in [0, 0.05) is 27.7 Å². The molecule has 1 atom stereocenters. The van der Waals surface area contributed by atoms with E-state index >= 15 is 0 Å². The van der Waals surface area contributed by atoms with Crippen molar-refractivity contribution < 1.29 is 18.0 Å². The molecule has 0 spiro atoms. The minimum Gasteiger partial charge on any atom is -0.352 e. The number of amides is 2. The van der Waals surface area contributed by atoms with Crippen LogP contribution in [0.5, 0.6) is 0 Å². The van der Waals surface area contributed by atoms with Crippen LogP contribution in [-0.4, -0.2) is 43.8 Å². The maximum atomic E-state index is 14.2. The summed E-state index contributed by atoms with van der Waals surface area (Å²) in [5, 5.41) is 4.22. The number of benzene rings is 3. The van der Waals surface area contributed by atoms with Crippen LogP contribution in [0.15, 0.2) is 77.7 Å². The highest BCUT2D eigenvalue weighted by Crippen LogP contribution is 2.28. The number of halogens is 3. The van der Waals surface area contributed by atoms with Crippen LogP contribution < -0.4 is 9.62 Å².